The summed E-state index contributed by atoms with van der Waals surface area (Å²) in [4.78, 5) is 12.1. The molecule has 1 fully saturated rings. The van der Waals surface area contributed by atoms with E-state index in [-0.39, 0.29) is 17.8 Å². The number of carbonyl (C=O) groups is 1. The number of carbonyl (C=O) groups excluding carboxylic acids is 1. The topological polar surface area (TPSA) is 38.3 Å². The number of halogens is 2. The average Bonchev–Trinajstić information content (AvgIpc) is 2.89. The van der Waals surface area contributed by atoms with Crippen molar-refractivity contribution in [1.82, 2.24) is 5.32 Å². The lowest BCUT2D eigenvalue weighted by molar-refractivity contribution is 0.0898. The minimum atomic E-state index is -0.361. The number of hydrogen-bond acceptors (Lipinski definition) is 2. The van der Waals surface area contributed by atoms with Crippen LogP contribution in [0.15, 0.2) is 22.7 Å². The molecule has 110 valence electrons. The van der Waals surface area contributed by atoms with Gasteiger partial charge in [-0.2, -0.15) is 0 Å². The molecule has 0 spiro atoms. The number of rotatable bonds is 5. The Labute approximate surface area is 127 Å². The van der Waals surface area contributed by atoms with Crippen LogP contribution < -0.4 is 5.32 Å². The fourth-order valence-electron chi connectivity index (χ4n) is 2.36. The van der Waals surface area contributed by atoms with Gasteiger partial charge >= 0.3 is 0 Å². The maximum absolute atomic E-state index is 13.0. The van der Waals surface area contributed by atoms with Crippen molar-refractivity contribution >= 4 is 21.8 Å². The van der Waals surface area contributed by atoms with Crippen LogP contribution in [0.4, 0.5) is 4.39 Å². The smallest absolute Gasteiger partial charge is 0.252 e. The molecule has 1 aromatic carbocycles. The van der Waals surface area contributed by atoms with Crippen LogP contribution in [0.1, 0.15) is 43.0 Å². The standard InChI is InChI=1S/C15H19BrFNO2/c1-10(4-6-12-3-2-8-20-12)18-15(19)13-7-5-11(17)9-14(13)16/h5,7,9-10,12H,2-4,6,8H2,1H3,(H,18,19)/t10-,12-/m1/s1. The Kier molecular flexibility index (Phi) is 5.54. The molecule has 20 heavy (non-hydrogen) atoms. The molecule has 0 unspecified atom stereocenters. The second-order valence-electron chi connectivity index (χ2n) is 5.21. The van der Waals surface area contributed by atoms with Gasteiger partial charge in [0.2, 0.25) is 0 Å². The van der Waals surface area contributed by atoms with E-state index in [1.54, 1.807) is 0 Å². The lowest BCUT2D eigenvalue weighted by Gasteiger charge is -2.16. The molecule has 1 amide bonds. The van der Waals surface area contributed by atoms with E-state index in [9.17, 15) is 9.18 Å². The van der Waals surface area contributed by atoms with Gasteiger partial charge in [-0.25, -0.2) is 4.39 Å². The van der Waals surface area contributed by atoms with Gasteiger partial charge in [0.15, 0.2) is 0 Å². The first kappa shape index (κ1) is 15.4. The largest absolute Gasteiger partial charge is 0.378 e. The first-order chi connectivity index (χ1) is 9.56. The maximum atomic E-state index is 13.0. The van der Waals surface area contributed by atoms with E-state index in [0.717, 1.165) is 32.3 Å². The summed E-state index contributed by atoms with van der Waals surface area (Å²) in [6.07, 6.45) is 4.44. The first-order valence-electron chi connectivity index (χ1n) is 6.94. The van der Waals surface area contributed by atoms with Crippen molar-refractivity contribution in [1.29, 1.82) is 0 Å². The van der Waals surface area contributed by atoms with Crippen molar-refractivity contribution in [2.45, 2.75) is 44.8 Å². The molecule has 5 heteroatoms. The fraction of sp³-hybridized carbons (Fsp3) is 0.533. The SMILES string of the molecule is C[C@H](CC[C@H]1CCCO1)NC(=O)c1ccc(F)cc1Br. The van der Waals surface area contributed by atoms with Gasteiger partial charge in [0.05, 0.1) is 11.7 Å². The van der Waals surface area contributed by atoms with Gasteiger partial charge in [-0.1, -0.05) is 0 Å². The molecule has 0 aliphatic carbocycles. The Balaban J connectivity index is 1.83. The van der Waals surface area contributed by atoms with E-state index in [4.69, 9.17) is 4.74 Å². The quantitative estimate of drug-likeness (QED) is 0.885. The minimum absolute atomic E-state index is 0.0728. The summed E-state index contributed by atoms with van der Waals surface area (Å²) in [5.74, 6) is -0.545. The highest BCUT2D eigenvalue weighted by Gasteiger charge is 2.18. The van der Waals surface area contributed by atoms with Crippen molar-refractivity contribution in [3.05, 3.63) is 34.1 Å². The van der Waals surface area contributed by atoms with E-state index in [1.807, 2.05) is 6.92 Å². The molecule has 0 bridgehead atoms. The first-order valence-corrected chi connectivity index (χ1v) is 7.73. The number of amides is 1. The summed E-state index contributed by atoms with van der Waals surface area (Å²) in [7, 11) is 0. The van der Waals surface area contributed by atoms with Crippen molar-refractivity contribution in [3.8, 4) is 0 Å². The summed E-state index contributed by atoms with van der Waals surface area (Å²) in [5.41, 5.74) is 0.454. The van der Waals surface area contributed by atoms with Crippen LogP contribution in [0.25, 0.3) is 0 Å². The van der Waals surface area contributed by atoms with Gasteiger partial charge in [-0.05, 0) is 66.7 Å². The molecule has 0 aromatic heterocycles. The Morgan fingerprint density at radius 3 is 3.05 bits per heavy atom. The summed E-state index contributed by atoms with van der Waals surface area (Å²) in [6.45, 7) is 2.83. The van der Waals surface area contributed by atoms with E-state index in [1.165, 1.54) is 18.2 Å². The molecule has 2 atom stereocenters. The molecular formula is C15H19BrFNO2. The van der Waals surface area contributed by atoms with Gasteiger partial charge in [0.1, 0.15) is 5.82 Å². The molecule has 1 N–H and O–H groups in total. The fourth-order valence-corrected chi connectivity index (χ4v) is 2.89. The molecule has 1 heterocycles. The highest BCUT2D eigenvalue weighted by molar-refractivity contribution is 9.10. The molecule has 1 aromatic rings. The summed E-state index contributed by atoms with van der Waals surface area (Å²) >= 11 is 3.21. The summed E-state index contributed by atoms with van der Waals surface area (Å²) in [5, 5.41) is 2.93. The lowest BCUT2D eigenvalue weighted by atomic mass is 10.1. The van der Waals surface area contributed by atoms with E-state index < -0.39 is 0 Å². The lowest BCUT2D eigenvalue weighted by Crippen LogP contribution is -2.33. The monoisotopic (exact) mass is 343 g/mol. The van der Waals surface area contributed by atoms with Crippen LogP contribution >= 0.6 is 15.9 Å². The summed E-state index contributed by atoms with van der Waals surface area (Å²) in [6, 6.07) is 4.15. The number of benzene rings is 1. The molecule has 1 aliphatic heterocycles. The second kappa shape index (κ2) is 7.18. The average molecular weight is 344 g/mol. The number of hydrogen-bond donors (Lipinski definition) is 1. The van der Waals surface area contributed by atoms with Gasteiger partial charge in [-0.3, -0.25) is 4.79 Å². The van der Waals surface area contributed by atoms with E-state index >= 15 is 0 Å². The number of ether oxygens (including phenoxy) is 1. The van der Waals surface area contributed by atoms with Crippen LogP contribution in [0.2, 0.25) is 0 Å². The van der Waals surface area contributed by atoms with Gasteiger partial charge in [0, 0.05) is 17.1 Å². The van der Waals surface area contributed by atoms with Gasteiger partial charge in [0.25, 0.3) is 5.91 Å². The third-order valence-electron chi connectivity index (χ3n) is 3.50. The third kappa shape index (κ3) is 4.28. The minimum Gasteiger partial charge on any atom is -0.378 e. The molecule has 2 rings (SSSR count). The zero-order chi connectivity index (χ0) is 14.5. The Hall–Kier alpha value is -0.940. The maximum Gasteiger partial charge on any atom is 0.252 e. The molecule has 0 radical (unpaired) electrons. The van der Waals surface area contributed by atoms with Crippen LogP contribution in [-0.4, -0.2) is 24.7 Å². The zero-order valence-electron chi connectivity index (χ0n) is 11.5. The predicted octanol–water partition coefficient (Wildman–Crippen LogP) is 3.67. The van der Waals surface area contributed by atoms with Crippen molar-refractivity contribution in [3.63, 3.8) is 0 Å². The van der Waals surface area contributed by atoms with Crippen molar-refractivity contribution in [2.75, 3.05) is 6.61 Å². The molecule has 3 nitrogen and oxygen atoms in total. The van der Waals surface area contributed by atoms with Crippen LogP contribution in [0.5, 0.6) is 0 Å². The zero-order valence-corrected chi connectivity index (χ0v) is 13.1. The summed E-state index contributed by atoms with van der Waals surface area (Å²) < 4.78 is 19.0. The van der Waals surface area contributed by atoms with Crippen LogP contribution in [-0.2, 0) is 4.74 Å². The van der Waals surface area contributed by atoms with Crippen LogP contribution in [0.3, 0.4) is 0 Å². The van der Waals surface area contributed by atoms with Gasteiger partial charge in [-0.15, -0.1) is 0 Å². The highest BCUT2D eigenvalue weighted by atomic mass is 79.9. The third-order valence-corrected chi connectivity index (χ3v) is 4.15. The molecule has 0 saturated carbocycles. The van der Waals surface area contributed by atoms with Crippen molar-refractivity contribution < 1.29 is 13.9 Å². The van der Waals surface area contributed by atoms with E-state index in [0.29, 0.717) is 16.1 Å². The Morgan fingerprint density at radius 2 is 2.40 bits per heavy atom. The van der Waals surface area contributed by atoms with Crippen LogP contribution in [0, 0.1) is 5.82 Å². The Morgan fingerprint density at radius 1 is 1.60 bits per heavy atom. The molecule has 1 saturated heterocycles. The highest BCUT2D eigenvalue weighted by Crippen LogP contribution is 2.19. The second-order valence-corrected chi connectivity index (χ2v) is 6.07. The number of nitrogens with one attached hydrogen (secondary N) is 1. The molecular weight excluding hydrogens is 325 g/mol. The van der Waals surface area contributed by atoms with E-state index in [2.05, 4.69) is 21.2 Å². The molecule has 1 aliphatic rings. The predicted molar refractivity (Wildman–Crippen MR) is 79.2 cm³/mol. The normalized spacial score (nSPS) is 19.9. The van der Waals surface area contributed by atoms with Crippen molar-refractivity contribution in [2.24, 2.45) is 0 Å². The Bertz CT molecular complexity index is 475. The van der Waals surface area contributed by atoms with Gasteiger partial charge < -0.3 is 10.1 Å².